The highest BCUT2D eigenvalue weighted by atomic mass is 32.2. The third kappa shape index (κ3) is 3.61. The molecule has 6 nitrogen and oxygen atoms in total. The molecule has 0 spiro atoms. The van der Waals surface area contributed by atoms with Crippen LogP contribution in [0.3, 0.4) is 0 Å². The topological polar surface area (TPSA) is 81.1 Å². The van der Waals surface area contributed by atoms with Gasteiger partial charge in [-0.15, -0.1) is 11.3 Å². The highest BCUT2D eigenvalue weighted by molar-refractivity contribution is 7.91. The van der Waals surface area contributed by atoms with Crippen molar-refractivity contribution in [1.82, 2.24) is 14.5 Å². The van der Waals surface area contributed by atoms with Crippen LogP contribution in [-0.4, -0.2) is 18.2 Å². The van der Waals surface area contributed by atoms with Gasteiger partial charge in [-0.25, -0.2) is 17.8 Å². The van der Waals surface area contributed by atoms with E-state index in [9.17, 15) is 13.2 Å². The van der Waals surface area contributed by atoms with Gasteiger partial charge in [-0.05, 0) is 17.7 Å². The smallest absolute Gasteiger partial charge is 0.266 e. The van der Waals surface area contributed by atoms with E-state index in [4.69, 9.17) is 0 Å². The van der Waals surface area contributed by atoms with Gasteiger partial charge in [0.15, 0.2) is 0 Å². The van der Waals surface area contributed by atoms with E-state index < -0.39 is 10.0 Å². The van der Waals surface area contributed by atoms with Crippen LogP contribution < -0.4 is 10.3 Å². The maximum absolute atomic E-state index is 12.4. The van der Waals surface area contributed by atoms with Crippen LogP contribution in [0, 0.1) is 0 Å². The predicted molar refractivity (Wildman–Crippen MR) is 93.3 cm³/mol. The Hall–Kier alpha value is -2.29. The Kier molecular flexibility index (Phi) is 4.61. The minimum absolute atomic E-state index is 0.212. The summed E-state index contributed by atoms with van der Waals surface area (Å²) >= 11 is 1.12. The van der Waals surface area contributed by atoms with Gasteiger partial charge in [0.05, 0.1) is 5.69 Å². The minimum Gasteiger partial charge on any atom is -0.268 e. The molecule has 8 heteroatoms. The summed E-state index contributed by atoms with van der Waals surface area (Å²) in [6.07, 6.45) is 0. The van der Waals surface area contributed by atoms with E-state index in [-0.39, 0.29) is 16.3 Å². The van der Waals surface area contributed by atoms with Crippen molar-refractivity contribution in [2.75, 3.05) is 0 Å². The van der Waals surface area contributed by atoms with Gasteiger partial charge in [0.2, 0.25) is 10.0 Å². The van der Waals surface area contributed by atoms with Gasteiger partial charge in [0.25, 0.3) is 5.56 Å². The van der Waals surface area contributed by atoms with Crippen molar-refractivity contribution in [2.24, 2.45) is 7.05 Å². The van der Waals surface area contributed by atoms with Crippen molar-refractivity contribution in [3.05, 3.63) is 69.8 Å². The van der Waals surface area contributed by atoms with Gasteiger partial charge in [0.1, 0.15) is 4.21 Å². The zero-order valence-corrected chi connectivity index (χ0v) is 14.5. The first kappa shape index (κ1) is 16.6. The quantitative estimate of drug-likeness (QED) is 0.753. The average molecular weight is 361 g/mol. The van der Waals surface area contributed by atoms with E-state index >= 15 is 0 Å². The van der Waals surface area contributed by atoms with E-state index in [1.165, 1.54) is 10.7 Å². The third-order valence-corrected chi connectivity index (χ3v) is 6.25. The summed E-state index contributed by atoms with van der Waals surface area (Å²) in [7, 11) is -2.04. The molecule has 0 aliphatic heterocycles. The normalized spacial score (nSPS) is 11.5. The zero-order valence-electron chi connectivity index (χ0n) is 12.8. The van der Waals surface area contributed by atoms with E-state index in [0.717, 1.165) is 16.9 Å². The number of hydrogen-bond donors (Lipinski definition) is 1. The number of sulfonamides is 1. The second-order valence-corrected chi connectivity index (χ2v) is 8.05. The number of aryl methyl sites for hydroxylation is 1. The van der Waals surface area contributed by atoms with E-state index in [1.807, 2.05) is 30.3 Å². The van der Waals surface area contributed by atoms with E-state index in [0.29, 0.717) is 11.3 Å². The Balaban J connectivity index is 1.81. The molecule has 0 saturated heterocycles. The van der Waals surface area contributed by atoms with E-state index in [1.54, 1.807) is 24.6 Å². The van der Waals surface area contributed by atoms with Crippen molar-refractivity contribution in [3.63, 3.8) is 0 Å². The highest BCUT2D eigenvalue weighted by Gasteiger charge is 2.17. The number of nitrogens with zero attached hydrogens (tertiary/aromatic N) is 2. The number of aromatic nitrogens is 2. The van der Waals surface area contributed by atoms with Crippen LogP contribution in [0.4, 0.5) is 0 Å². The van der Waals surface area contributed by atoms with Crippen LogP contribution in [0.2, 0.25) is 0 Å². The number of thiophene rings is 1. The van der Waals surface area contributed by atoms with Crippen LogP contribution in [0.25, 0.3) is 11.3 Å². The van der Waals surface area contributed by atoms with Crippen molar-refractivity contribution >= 4 is 21.4 Å². The van der Waals surface area contributed by atoms with E-state index in [2.05, 4.69) is 9.82 Å². The SMILES string of the molecule is Cn1nc(-c2csc(S(=O)(=O)NCc3ccccc3)c2)ccc1=O. The summed E-state index contributed by atoms with van der Waals surface area (Å²) in [6.45, 7) is 0.231. The molecule has 0 fully saturated rings. The van der Waals surface area contributed by atoms with Gasteiger partial charge in [-0.3, -0.25) is 4.79 Å². The standard InChI is InChI=1S/C16H15N3O3S2/c1-19-15(20)8-7-14(18-19)13-9-16(23-11-13)24(21,22)17-10-12-5-3-2-4-6-12/h2-9,11,17H,10H2,1H3. The van der Waals surface area contributed by atoms with Crippen LogP contribution in [0.1, 0.15) is 5.56 Å². The maximum atomic E-state index is 12.4. The molecule has 2 aromatic heterocycles. The Morgan fingerprint density at radius 1 is 1.17 bits per heavy atom. The molecule has 1 aromatic carbocycles. The van der Waals surface area contributed by atoms with Gasteiger partial charge < -0.3 is 0 Å². The van der Waals surface area contributed by atoms with Gasteiger partial charge >= 0.3 is 0 Å². The zero-order chi connectivity index (χ0) is 17.2. The second kappa shape index (κ2) is 6.68. The van der Waals surface area contributed by atoms with Crippen LogP contribution in [-0.2, 0) is 23.6 Å². The van der Waals surface area contributed by atoms with Gasteiger partial charge in [0, 0.05) is 30.6 Å². The lowest BCUT2D eigenvalue weighted by Gasteiger charge is -2.04. The lowest BCUT2D eigenvalue weighted by Crippen LogP contribution is -2.22. The fraction of sp³-hybridized carbons (Fsp3) is 0.125. The molecule has 3 aromatic rings. The summed E-state index contributed by atoms with van der Waals surface area (Å²) in [5.74, 6) is 0. The molecule has 0 unspecified atom stereocenters. The van der Waals surface area contributed by atoms with Crippen LogP contribution in [0.5, 0.6) is 0 Å². The molecule has 24 heavy (non-hydrogen) atoms. The molecule has 0 aliphatic carbocycles. The predicted octanol–water partition coefficient (Wildman–Crippen LogP) is 1.99. The number of nitrogens with one attached hydrogen (secondary N) is 1. The molecule has 0 radical (unpaired) electrons. The van der Waals surface area contributed by atoms with Crippen molar-refractivity contribution in [2.45, 2.75) is 10.8 Å². The second-order valence-electron chi connectivity index (χ2n) is 5.14. The summed E-state index contributed by atoms with van der Waals surface area (Å²) in [5.41, 5.74) is 1.89. The minimum atomic E-state index is -3.59. The Morgan fingerprint density at radius 3 is 2.62 bits per heavy atom. The number of rotatable bonds is 5. The summed E-state index contributed by atoms with van der Waals surface area (Å²) in [4.78, 5) is 11.4. The largest absolute Gasteiger partial charge is 0.268 e. The first-order chi connectivity index (χ1) is 11.5. The summed E-state index contributed by atoms with van der Waals surface area (Å²) in [5, 5.41) is 5.84. The molecular formula is C16H15N3O3S2. The van der Waals surface area contributed by atoms with Crippen LogP contribution >= 0.6 is 11.3 Å². The fourth-order valence-electron chi connectivity index (χ4n) is 2.09. The number of hydrogen-bond acceptors (Lipinski definition) is 5. The van der Waals surface area contributed by atoms with Crippen molar-refractivity contribution < 1.29 is 8.42 Å². The number of benzene rings is 1. The summed E-state index contributed by atoms with van der Waals surface area (Å²) < 4.78 is 28.8. The molecule has 3 rings (SSSR count). The van der Waals surface area contributed by atoms with Crippen molar-refractivity contribution in [3.8, 4) is 11.3 Å². The molecule has 124 valence electrons. The Morgan fingerprint density at radius 2 is 1.92 bits per heavy atom. The molecule has 0 bridgehead atoms. The molecule has 0 amide bonds. The van der Waals surface area contributed by atoms with Gasteiger partial charge in [-0.1, -0.05) is 30.3 Å². The Bertz CT molecular complexity index is 1010. The Labute approximate surface area is 143 Å². The van der Waals surface area contributed by atoms with Crippen LogP contribution in [0.15, 0.2) is 62.9 Å². The monoisotopic (exact) mass is 361 g/mol. The molecule has 0 atom stereocenters. The fourth-order valence-corrected chi connectivity index (χ4v) is 4.33. The first-order valence-electron chi connectivity index (χ1n) is 7.12. The molecular weight excluding hydrogens is 346 g/mol. The molecule has 1 N–H and O–H groups in total. The third-order valence-electron chi connectivity index (χ3n) is 3.41. The lowest BCUT2D eigenvalue weighted by molar-refractivity contribution is 0.583. The molecule has 2 heterocycles. The molecule has 0 aliphatic rings. The first-order valence-corrected chi connectivity index (χ1v) is 9.49. The maximum Gasteiger partial charge on any atom is 0.266 e. The lowest BCUT2D eigenvalue weighted by atomic mass is 10.2. The van der Waals surface area contributed by atoms with Gasteiger partial charge in [-0.2, -0.15) is 5.10 Å². The molecule has 0 saturated carbocycles. The highest BCUT2D eigenvalue weighted by Crippen LogP contribution is 2.26. The summed E-state index contributed by atoms with van der Waals surface area (Å²) in [6, 6.07) is 13.9. The van der Waals surface area contributed by atoms with Crippen molar-refractivity contribution in [1.29, 1.82) is 0 Å². The average Bonchev–Trinajstić information content (AvgIpc) is 3.08.